The SMILES string of the molecule is COc1ccc(C(C)(C)CNC(=O)c2ccc(F)cc2)cc1. The third kappa shape index (κ3) is 3.85. The lowest BCUT2D eigenvalue weighted by molar-refractivity contribution is 0.0945. The molecule has 22 heavy (non-hydrogen) atoms. The molecule has 0 aliphatic heterocycles. The van der Waals surface area contributed by atoms with Crippen LogP contribution in [-0.2, 0) is 5.41 Å². The van der Waals surface area contributed by atoms with Crippen LogP contribution >= 0.6 is 0 Å². The number of hydrogen-bond donors (Lipinski definition) is 1. The molecule has 0 atom stereocenters. The quantitative estimate of drug-likeness (QED) is 0.917. The van der Waals surface area contributed by atoms with Gasteiger partial charge in [-0.2, -0.15) is 0 Å². The Balaban J connectivity index is 2.01. The molecule has 0 saturated heterocycles. The minimum absolute atomic E-state index is 0.207. The van der Waals surface area contributed by atoms with E-state index >= 15 is 0 Å². The molecule has 4 heteroatoms. The third-order valence-electron chi connectivity index (χ3n) is 3.67. The van der Waals surface area contributed by atoms with Crippen LogP contribution in [-0.4, -0.2) is 19.6 Å². The van der Waals surface area contributed by atoms with Gasteiger partial charge in [-0.1, -0.05) is 26.0 Å². The highest BCUT2D eigenvalue weighted by Crippen LogP contribution is 2.24. The molecule has 0 unspecified atom stereocenters. The molecular formula is C18H20FNO2. The first-order chi connectivity index (χ1) is 10.4. The predicted molar refractivity (Wildman–Crippen MR) is 84.8 cm³/mol. The van der Waals surface area contributed by atoms with Crippen molar-refractivity contribution in [1.29, 1.82) is 0 Å². The molecule has 116 valence electrons. The Bertz CT molecular complexity index is 633. The molecule has 0 bridgehead atoms. The Hall–Kier alpha value is -2.36. The Morgan fingerprint density at radius 2 is 1.68 bits per heavy atom. The molecule has 1 amide bonds. The van der Waals surface area contributed by atoms with Gasteiger partial charge in [0.2, 0.25) is 0 Å². The zero-order valence-electron chi connectivity index (χ0n) is 13.0. The van der Waals surface area contributed by atoms with Gasteiger partial charge in [0.05, 0.1) is 7.11 Å². The highest BCUT2D eigenvalue weighted by Gasteiger charge is 2.21. The summed E-state index contributed by atoms with van der Waals surface area (Å²) in [5, 5.41) is 2.89. The standard InChI is InChI=1S/C18H20FNO2/c1-18(2,14-6-10-16(22-3)11-7-14)12-20-17(21)13-4-8-15(19)9-5-13/h4-11H,12H2,1-3H3,(H,20,21). The lowest BCUT2D eigenvalue weighted by atomic mass is 9.84. The number of hydrogen-bond acceptors (Lipinski definition) is 2. The van der Waals surface area contributed by atoms with E-state index < -0.39 is 0 Å². The molecule has 2 rings (SSSR count). The van der Waals surface area contributed by atoms with Gasteiger partial charge in [-0.05, 0) is 42.0 Å². The molecule has 0 spiro atoms. The van der Waals surface area contributed by atoms with Crippen molar-refractivity contribution in [3.05, 3.63) is 65.5 Å². The maximum Gasteiger partial charge on any atom is 0.251 e. The molecule has 1 N–H and O–H groups in total. The molecule has 0 aliphatic carbocycles. The summed E-state index contributed by atoms with van der Waals surface area (Å²) in [4.78, 5) is 12.1. The summed E-state index contributed by atoms with van der Waals surface area (Å²) >= 11 is 0. The first kappa shape index (κ1) is 16.0. The van der Waals surface area contributed by atoms with Crippen molar-refractivity contribution >= 4 is 5.91 Å². The van der Waals surface area contributed by atoms with Crippen LogP contribution < -0.4 is 10.1 Å². The van der Waals surface area contributed by atoms with E-state index in [2.05, 4.69) is 19.2 Å². The van der Waals surface area contributed by atoms with E-state index in [9.17, 15) is 9.18 Å². The summed E-state index contributed by atoms with van der Waals surface area (Å²) in [6.45, 7) is 4.59. The van der Waals surface area contributed by atoms with Gasteiger partial charge >= 0.3 is 0 Å². The maximum absolute atomic E-state index is 12.9. The minimum Gasteiger partial charge on any atom is -0.497 e. The van der Waals surface area contributed by atoms with Crippen molar-refractivity contribution in [3.63, 3.8) is 0 Å². The highest BCUT2D eigenvalue weighted by atomic mass is 19.1. The van der Waals surface area contributed by atoms with Gasteiger partial charge in [-0.15, -0.1) is 0 Å². The molecule has 3 nitrogen and oxygen atoms in total. The van der Waals surface area contributed by atoms with Gasteiger partial charge in [0, 0.05) is 17.5 Å². The highest BCUT2D eigenvalue weighted by molar-refractivity contribution is 5.94. The monoisotopic (exact) mass is 301 g/mol. The number of halogens is 1. The van der Waals surface area contributed by atoms with Crippen molar-refractivity contribution < 1.29 is 13.9 Å². The molecule has 0 saturated carbocycles. The second-order valence-electron chi connectivity index (χ2n) is 5.80. The summed E-state index contributed by atoms with van der Waals surface area (Å²) in [5.74, 6) is 0.242. The van der Waals surface area contributed by atoms with Crippen LogP contribution in [0.4, 0.5) is 4.39 Å². The van der Waals surface area contributed by atoms with Crippen molar-refractivity contribution in [2.75, 3.05) is 13.7 Å². The summed E-state index contributed by atoms with van der Waals surface area (Å²) in [6, 6.07) is 13.3. The topological polar surface area (TPSA) is 38.3 Å². The average molecular weight is 301 g/mol. The van der Waals surface area contributed by atoms with Gasteiger partial charge in [-0.3, -0.25) is 4.79 Å². The number of carbonyl (C=O) groups is 1. The Kier molecular flexibility index (Phi) is 4.81. The molecule has 0 aromatic heterocycles. The van der Waals surface area contributed by atoms with E-state index in [0.29, 0.717) is 12.1 Å². The fourth-order valence-electron chi connectivity index (χ4n) is 2.15. The van der Waals surface area contributed by atoms with E-state index in [-0.39, 0.29) is 17.1 Å². The van der Waals surface area contributed by atoms with Crippen LogP contribution in [0.15, 0.2) is 48.5 Å². The van der Waals surface area contributed by atoms with E-state index in [1.807, 2.05) is 24.3 Å². The van der Waals surface area contributed by atoms with Crippen LogP contribution in [0.2, 0.25) is 0 Å². The largest absolute Gasteiger partial charge is 0.497 e. The Labute approximate surface area is 130 Å². The normalized spacial score (nSPS) is 11.1. The molecule has 0 aliphatic rings. The van der Waals surface area contributed by atoms with E-state index in [1.165, 1.54) is 24.3 Å². The summed E-state index contributed by atoms with van der Waals surface area (Å²) in [5.41, 5.74) is 1.33. The fraction of sp³-hybridized carbons (Fsp3) is 0.278. The predicted octanol–water partition coefficient (Wildman–Crippen LogP) is 3.54. The number of benzene rings is 2. The molecule has 0 fully saturated rings. The summed E-state index contributed by atoms with van der Waals surface area (Å²) in [6.07, 6.45) is 0. The maximum atomic E-state index is 12.9. The first-order valence-electron chi connectivity index (χ1n) is 7.11. The van der Waals surface area contributed by atoms with Gasteiger partial charge in [0.25, 0.3) is 5.91 Å². The van der Waals surface area contributed by atoms with Crippen molar-refractivity contribution in [2.24, 2.45) is 0 Å². The second-order valence-corrected chi connectivity index (χ2v) is 5.80. The average Bonchev–Trinajstić information content (AvgIpc) is 2.53. The number of carbonyl (C=O) groups excluding carboxylic acids is 1. The van der Waals surface area contributed by atoms with Gasteiger partial charge in [-0.25, -0.2) is 4.39 Å². The lowest BCUT2D eigenvalue weighted by Crippen LogP contribution is -2.36. The minimum atomic E-state index is -0.352. The Morgan fingerprint density at radius 3 is 2.23 bits per heavy atom. The number of methoxy groups -OCH3 is 1. The number of rotatable bonds is 5. The lowest BCUT2D eigenvalue weighted by Gasteiger charge is -2.26. The molecule has 2 aromatic carbocycles. The zero-order valence-corrected chi connectivity index (χ0v) is 13.0. The van der Waals surface area contributed by atoms with Crippen LogP contribution in [0.25, 0.3) is 0 Å². The van der Waals surface area contributed by atoms with E-state index in [1.54, 1.807) is 7.11 Å². The molecular weight excluding hydrogens is 281 g/mol. The van der Waals surface area contributed by atoms with Crippen molar-refractivity contribution in [1.82, 2.24) is 5.32 Å². The smallest absolute Gasteiger partial charge is 0.251 e. The van der Waals surface area contributed by atoms with Crippen molar-refractivity contribution in [2.45, 2.75) is 19.3 Å². The number of amides is 1. The summed E-state index contributed by atoms with van der Waals surface area (Å²) < 4.78 is 18.0. The van der Waals surface area contributed by atoms with Crippen LogP contribution in [0.3, 0.4) is 0 Å². The summed E-state index contributed by atoms with van der Waals surface area (Å²) in [7, 11) is 1.63. The zero-order chi connectivity index (χ0) is 16.2. The van der Waals surface area contributed by atoms with Gasteiger partial charge in [0.15, 0.2) is 0 Å². The third-order valence-corrected chi connectivity index (χ3v) is 3.67. The first-order valence-corrected chi connectivity index (χ1v) is 7.11. The van der Waals surface area contributed by atoms with Crippen LogP contribution in [0.5, 0.6) is 5.75 Å². The van der Waals surface area contributed by atoms with E-state index in [0.717, 1.165) is 11.3 Å². The Morgan fingerprint density at radius 1 is 1.09 bits per heavy atom. The molecule has 2 aromatic rings. The van der Waals surface area contributed by atoms with Crippen molar-refractivity contribution in [3.8, 4) is 5.75 Å². The van der Waals surface area contributed by atoms with Gasteiger partial charge < -0.3 is 10.1 Å². The van der Waals surface area contributed by atoms with Gasteiger partial charge in [0.1, 0.15) is 11.6 Å². The number of ether oxygens (including phenoxy) is 1. The van der Waals surface area contributed by atoms with E-state index in [4.69, 9.17) is 4.74 Å². The fourth-order valence-corrected chi connectivity index (χ4v) is 2.15. The van der Waals surface area contributed by atoms with Crippen LogP contribution in [0, 0.1) is 5.82 Å². The molecule has 0 radical (unpaired) electrons. The molecule has 0 heterocycles. The number of nitrogens with one attached hydrogen (secondary N) is 1. The second kappa shape index (κ2) is 6.60. The van der Waals surface area contributed by atoms with Crippen LogP contribution in [0.1, 0.15) is 29.8 Å².